The van der Waals surface area contributed by atoms with Gasteiger partial charge in [0.2, 0.25) is 0 Å². The van der Waals surface area contributed by atoms with Gasteiger partial charge in [0.1, 0.15) is 0 Å². The Labute approximate surface area is 148 Å². The molecule has 0 aliphatic carbocycles. The normalized spacial score (nSPS) is 29.0. The third kappa shape index (κ3) is 2.71. The number of amides is 2. The van der Waals surface area contributed by atoms with Crippen LogP contribution in [0, 0.1) is 11.8 Å². The molecule has 5 nitrogen and oxygen atoms in total. The van der Waals surface area contributed by atoms with Crippen molar-refractivity contribution in [1.29, 1.82) is 0 Å². The van der Waals surface area contributed by atoms with Gasteiger partial charge in [0, 0.05) is 36.9 Å². The van der Waals surface area contributed by atoms with E-state index in [1.54, 1.807) is 0 Å². The van der Waals surface area contributed by atoms with Crippen LogP contribution in [0.1, 0.15) is 25.0 Å². The molecule has 0 bridgehead atoms. The fourth-order valence-corrected chi connectivity index (χ4v) is 5.23. The van der Waals surface area contributed by atoms with Crippen LogP contribution in [0.25, 0.3) is 10.9 Å². The zero-order chi connectivity index (χ0) is 16.8. The number of benzene rings is 1. The fourth-order valence-electron chi connectivity index (χ4n) is 5.23. The first kappa shape index (κ1) is 15.3. The fraction of sp³-hybridized carbons (Fsp3) is 0.550. The third-order valence-corrected chi connectivity index (χ3v) is 6.42. The number of nitrogens with zero attached hydrogens (tertiary/aromatic N) is 2. The Balaban J connectivity index is 1.20. The number of piperidine rings is 1. The highest BCUT2D eigenvalue weighted by Crippen LogP contribution is 2.40. The molecule has 1 aromatic heterocycles. The topological polar surface area (TPSA) is 51.4 Å². The van der Waals surface area contributed by atoms with Gasteiger partial charge in [-0.05, 0) is 48.7 Å². The predicted octanol–water partition coefficient (Wildman–Crippen LogP) is 2.79. The zero-order valence-corrected chi connectivity index (χ0v) is 14.6. The molecule has 2 amide bonds. The quantitative estimate of drug-likeness (QED) is 0.885. The number of aromatic nitrogens is 1. The van der Waals surface area contributed by atoms with Gasteiger partial charge in [-0.25, -0.2) is 4.79 Å². The standard InChI is InChI=1S/C20H26N4O/c25-20(21-10-16-9-14-5-1-2-6-18(14)22-16)24-12-15-11-23-8-4-3-7-19(23)17(15)13-24/h1-2,5-6,9,15,17,19,22H,3-4,7-8,10-13H2,(H,21,25)/t15-,17+,19-/m0/s1. The molecule has 0 saturated carbocycles. The van der Waals surface area contributed by atoms with Crippen molar-refractivity contribution in [3.63, 3.8) is 0 Å². The van der Waals surface area contributed by atoms with Gasteiger partial charge in [-0.2, -0.15) is 0 Å². The Kier molecular flexibility index (Phi) is 3.70. The first-order chi connectivity index (χ1) is 12.3. The lowest BCUT2D eigenvalue weighted by molar-refractivity contribution is 0.154. The number of carbonyl (C=O) groups excluding carboxylic acids is 1. The molecule has 3 aliphatic rings. The molecule has 3 saturated heterocycles. The number of nitrogens with one attached hydrogen (secondary N) is 2. The average Bonchev–Trinajstić information content (AvgIpc) is 3.31. The lowest BCUT2D eigenvalue weighted by Gasteiger charge is -2.33. The molecule has 5 heteroatoms. The van der Waals surface area contributed by atoms with E-state index in [1.165, 1.54) is 37.7 Å². The van der Waals surface area contributed by atoms with Crippen molar-refractivity contribution in [2.24, 2.45) is 11.8 Å². The second-order valence-electron chi connectivity index (χ2n) is 7.93. The molecule has 4 heterocycles. The summed E-state index contributed by atoms with van der Waals surface area (Å²) in [6.07, 6.45) is 4.04. The van der Waals surface area contributed by atoms with E-state index in [0.717, 1.165) is 30.3 Å². The number of para-hydroxylation sites is 1. The highest BCUT2D eigenvalue weighted by atomic mass is 16.2. The van der Waals surface area contributed by atoms with Gasteiger partial charge in [0.05, 0.1) is 6.54 Å². The summed E-state index contributed by atoms with van der Waals surface area (Å²) in [5, 5.41) is 4.30. The SMILES string of the molecule is O=C(NCc1cc2ccccc2[nH]1)N1C[C@@H]2CN3CCCC[C@H]3[C@@H]2C1. The first-order valence-electron chi connectivity index (χ1n) is 9.61. The van der Waals surface area contributed by atoms with Crippen molar-refractivity contribution < 1.29 is 4.79 Å². The number of likely N-dealkylation sites (tertiary alicyclic amines) is 1. The van der Waals surface area contributed by atoms with Crippen molar-refractivity contribution >= 4 is 16.9 Å². The molecule has 3 atom stereocenters. The summed E-state index contributed by atoms with van der Waals surface area (Å²) in [4.78, 5) is 20.7. The highest BCUT2D eigenvalue weighted by molar-refractivity contribution is 5.80. The minimum atomic E-state index is 0.0930. The molecule has 2 N–H and O–H groups in total. The molecule has 3 aliphatic heterocycles. The molecule has 1 aromatic carbocycles. The van der Waals surface area contributed by atoms with Crippen molar-refractivity contribution in [2.75, 3.05) is 26.2 Å². The second kappa shape index (κ2) is 6.06. The van der Waals surface area contributed by atoms with E-state index in [4.69, 9.17) is 0 Å². The number of fused-ring (bicyclic) bond motifs is 4. The maximum absolute atomic E-state index is 12.6. The summed E-state index contributed by atoms with van der Waals surface area (Å²) in [7, 11) is 0. The number of carbonyl (C=O) groups is 1. The summed E-state index contributed by atoms with van der Waals surface area (Å²) in [5.41, 5.74) is 2.19. The molecular weight excluding hydrogens is 312 g/mol. The summed E-state index contributed by atoms with van der Waals surface area (Å²) in [5.74, 6) is 1.38. The molecular formula is C20H26N4O. The van der Waals surface area contributed by atoms with Crippen molar-refractivity contribution in [1.82, 2.24) is 20.1 Å². The summed E-state index contributed by atoms with van der Waals surface area (Å²) in [6, 6.07) is 11.2. The van der Waals surface area contributed by atoms with E-state index in [-0.39, 0.29) is 6.03 Å². The highest BCUT2D eigenvalue weighted by Gasteiger charge is 2.48. The van der Waals surface area contributed by atoms with E-state index in [1.807, 2.05) is 17.0 Å². The van der Waals surface area contributed by atoms with Gasteiger partial charge in [0.25, 0.3) is 0 Å². The summed E-state index contributed by atoms with van der Waals surface area (Å²) >= 11 is 0. The van der Waals surface area contributed by atoms with Crippen LogP contribution in [-0.4, -0.2) is 53.0 Å². The molecule has 132 valence electrons. The number of urea groups is 1. The molecule has 2 aromatic rings. The molecule has 0 spiro atoms. The van der Waals surface area contributed by atoms with Crippen LogP contribution in [0.5, 0.6) is 0 Å². The van der Waals surface area contributed by atoms with Gasteiger partial charge < -0.3 is 15.2 Å². The Morgan fingerprint density at radius 1 is 1.20 bits per heavy atom. The van der Waals surface area contributed by atoms with E-state index in [9.17, 15) is 4.79 Å². The average molecular weight is 338 g/mol. The van der Waals surface area contributed by atoms with Crippen molar-refractivity contribution in [3.8, 4) is 0 Å². The van der Waals surface area contributed by atoms with Crippen LogP contribution < -0.4 is 5.32 Å². The molecule has 0 radical (unpaired) electrons. The lowest BCUT2D eigenvalue weighted by Crippen LogP contribution is -2.43. The Morgan fingerprint density at radius 2 is 2.12 bits per heavy atom. The predicted molar refractivity (Wildman–Crippen MR) is 98.3 cm³/mol. The number of aromatic amines is 1. The Morgan fingerprint density at radius 3 is 3.04 bits per heavy atom. The first-order valence-corrected chi connectivity index (χ1v) is 9.61. The maximum Gasteiger partial charge on any atom is 0.317 e. The minimum absolute atomic E-state index is 0.0930. The van der Waals surface area contributed by atoms with Gasteiger partial charge in [-0.1, -0.05) is 24.6 Å². The van der Waals surface area contributed by atoms with Gasteiger partial charge in [0.15, 0.2) is 0 Å². The monoisotopic (exact) mass is 338 g/mol. The molecule has 0 unspecified atom stereocenters. The second-order valence-corrected chi connectivity index (χ2v) is 7.93. The third-order valence-electron chi connectivity index (χ3n) is 6.42. The van der Waals surface area contributed by atoms with Crippen LogP contribution in [0.2, 0.25) is 0 Å². The van der Waals surface area contributed by atoms with Gasteiger partial charge in [-0.15, -0.1) is 0 Å². The van der Waals surface area contributed by atoms with Gasteiger partial charge >= 0.3 is 6.03 Å². The Bertz CT molecular complexity index is 752. The van der Waals surface area contributed by atoms with Crippen molar-refractivity contribution in [2.45, 2.75) is 31.8 Å². The van der Waals surface area contributed by atoms with E-state index in [2.05, 4.69) is 33.4 Å². The van der Waals surface area contributed by atoms with E-state index in [0.29, 0.717) is 18.4 Å². The number of hydrogen-bond donors (Lipinski definition) is 2. The van der Waals surface area contributed by atoms with Crippen LogP contribution >= 0.6 is 0 Å². The minimum Gasteiger partial charge on any atom is -0.357 e. The summed E-state index contributed by atoms with van der Waals surface area (Å²) in [6.45, 7) is 4.89. The molecule has 5 rings (SSSR count). The van der Waals surface area contributed by atoms with E-state index < -0.39 is 0 Å². The lowest BCUT2D eigenvalue weighted by atomic mass is 9.90. The van der Waals surface area contributed by atoms with Gasteiger partial charge in [-0.3, -0.25) is 4.90 Å². The van der Waals surface area contributed by atoms with E-state index >= 15 is 0 Å². The van der Waals surface area contributed by atoms with Crippen LogP contribution in [0.4, 0.5) is 4.79 Å². The number of H-pyrrole nitrogens is 1. The number of rotatable bonds is 2. The maximum atomic E-state index is 12.6. The molecule has 25 heavy (non-hydrogen) atoms. The van der Waals surface area contributed by atoms with Crippen molar-refractivity contribution in [3.05, 3.63) is 36.0 Å². The van der Waals surface area contributed by atoms with Crippen LogP contribution in [0.3, 0.4) is 0 Å². The smallest absolute Gasteiger partial charge is 0.317 e. The van der Waals surface area contributed by atoms with Crippen LogP contribution in [0.15, 0.2) is 30.3 Å². The van der Waals surface area contributed by atoms with Crippen LogP contribution in [-0.2, 0) is 6.54 Å². The number of hydrogen-bond acceptors (Lipinski definition) is 2. The zero-order valence-electron chi connectivity index (χ0n) is 14.6. The summed E-state index contributed by atoms with van der Waals surface area (Å²) < 4.78 is 0. The largest absolute Gasteiger partial charge is 0.357 e. The molecule has 3 fully saturated rings. The Hall–Kier alpha value is -2.01.